The van der Waals surface area contributed by atoms with Crippen LogP contribution in [0.25, 0.3) is 10.6 Å². The Bertz CT molecular complexity index is 572. The molecule has 0 spiro atoms. The maximum atomic E-state index is 12.1. The van der Waals surface area contributed by atoms with Crippen LogP contribution in [0.4, 0.5) is 5.13 Å². The number of aryl methyl sites for hydroxylation is 1. The predicted octanol–water partition coefficient (Wildman–Crippen LogP) is 1.28. The Hall–Kier alpha value is -1.69. The summed E-state index contributed by atoms with van der Waals surface area (Å²) in [6.45, 7) is 4.49. The van der Waals surface area contributed by atoms with Gasteiger partial charge in [0.15, 0.2) is 5.01 Å². The first-order chi connectivity index (χ1) is 7.63. The third kappa shape index (κ3) is 1.71. The fourth-order valence-corrected chi connectivity index (χ4v) is 2.20. The van der Waals surface area contributed by atoms with Gasteiger partial charge in [-0.15, -0.1) is 10.2 Å². The van der Waals surface area contributed by atoms with Crippen LogP contribution in [0, 0.1) is 6.92 Å². The zero-order valence-corrected chi connectivity index (χ0v) is 9.91. The lowest BCUT2D eigenvalue weighted by Crippen LogP contribution is -2.22. The van der Waals surface area contributed by atoms with Crippen molar-refractivity contribution >= 4 is 16.5 Å². The van der Waals surface area contributed by atoms with Crippen molar-refractivity contribution < 1.29 is 0 Å². The van der Waals surface area contributed by atoms with Crippen LogP contribution in [-0.4, -0.2) is 14.8 Å². The normalized spacial score (nSPS) is 10.6. The van der Waals surface area contributed by atoms with Gasteiger partial charge in [-0.05, 0) is 26.0 Å². The Labute approximate surface area is 96.6 Å². The van der Waals surface area contributed by atoms with E-state index >= 15 is 0 Å². The second-order valence-corrected chi connectivity index (χ2v) is 4.39. The lowest BCUT2D eigenvalue weighted by atomic mass is 10.2. The highest BCUT2D eigenvalue weighted by molar-refractivity contribution is 7.18. The van der Waals surface area contributed by atoms with Crippen molar-refractivity contribution in [3.05, 3.63) is 28.2 Å². The molecule has 2 N–H and O–H groups in total. The number of nitrogens with zero attached hydrogens (tertiary/aromatic N) is 3. The summed E-state index contributed by atoms with van der Waals surface area (Å²) in [5, 5.41) is 8.54. The molecule has 6 heteroatoms. The summed E-state index contributed by atoms with van der Waals surface area (Å²) >= 11 is 1.22. The summed E-state index contributed by atoms with van der Waals surface area (Å²) < 4.78 is 1.70. The van der Waals surface area contributed by atoms with E-state index in [4.69, 9.17) is 5.73 Å². The second kappa shape index (κ2) is 4.05. The molecule has 0 amide bonds. The van der Waals surface area contributed by atoms with Gasteiger partial charge >= 0.3 is 0 Å². The van der Waals surface area contributed by atoms with Crippen molar-refractivity contribution in [1.29, 1.82) is 0 Å². The van der Waals surface area contributed by atoms with Gasteiger partial charge in [-0.1, -0.05) is 11.3 Å². The summed E-state index contributed by atoms with van der Waals surface area (Å²) in [6, 6.07) is 3.67. The minimum absolute atomic E-state index is 0.0429. The number of nitrogen functional groups attached to an aromatic ring is 1. The molecule has 0 unspecified atom stereocenters. The number of anilines is 1. The first-order valence-corrected chi connectivity index (χ1v) is 5.75. The molecule has 0 aliphatic heterocycles. The molecule has 84 valence electrons. The summed E-state index contributed by atoms with van der Waals surface area (Å²) in [7, 11) is 0. The Morgan fingerprint density at radius 2 is 2.19 bits per heavy atom. The van der Waals surface area contributed by atoms with E-state index in [1.807, 2.05) is 19.9 Å². The summed E-state index contributed by atoms with van der Waals surface area (Å²) in [5.74, 6) is 0. The van der Waals surface area contributed by atoms with E-state index in [-0.39, 0.29) is 5.56 Å². The molecule has 2 heterocycles. The van der Waals surface area contributed by atoms with E-state index < -0.39 is 0 Å². The van der Waals surface area contributed by atoms with Gasteiger partial charge in [-0.25, -0.2) is 0 Å². The van der Waals surface area contributed by atoms with Gasteiger partial charge in [-0.3, -0.25) is 4.79 Å². The van der Waals surface area contributed by atoms with Gasteiger partial charge < -0.3 is 10.3 Å². The van der Waals surface area contributed by atoms with E-state index in [0.717, 1.165) is 5.69 Å². The molecule has 0 saturated carbocycles. The van der Waals surface area contributed by atoms with Crippen LogP contribution in [-0.2, 0) is 6.54 Å². The van der Waals surface area contributed by atoms with Crippen molar-refractivity contribution in [2.75, 3.05) is 5.73 Å². The van der Waals surface area contributed by atoms with Crippen molar-refractivity contribution in [3.63, 3.8) is 0 Å². The number of nitrogens with two attached hydrogens (primary N) is 1. The summed E-state index contributed by atoms with van der Waals surface area (Å²) in [6.07, 6.45) is 0. The summed E-state index contributed by atoms with van der Waals surface area (Å²) in [5.41, 5.74) is 6.96. The highest BCUT2D eigenvalue weighted by Gasteiger charge is 2.11. The lowest BCUT2D eigenvalue weighted by molar-refractivity contribution is 0.702. The molecule has 0 fully saturated rings. The van der Waals surface area contributed by atoms with Gasteiger partial charge in [0.2, 0.25) is 5.13 Å². The molecule has 0 atom stereocenters. The highest BCUT2D eigenvalue weighted by atomic mass is 32.1. The molecular formula is C10H12N4OS. The number of hydrogen-bond donors (Lipinski definition) is 1. The zero-order chi connectivity index (χ0) is 11.7. The molecule has 0 aliphatic carbocycles. The summed E-state index contributed by atoms with van der Waals surface area (Å²) in [4.78, 5) is 12.1. The van der Waals surface area contributed by atoms with Gasteiger partial charge in [0.1, 0.15) is 0 Å². The molecule has 0 bridgehead atoms. The van der Waals surface area contributed by atoms with E-state index in [2.05, 4.69) is 10.2 Å². The Morgan fingerprint density at radius 1 is 1.44 bits per heavy atom. The maximum Gasteiger partial charge on any atom is 0.261 e. The molecule has 16 heavy (non-hydrogen) atoms. The number of pyridine rings is 1. The first kappa shape index (κ1) is 10.8. The van der Waals surface area contributed by atoms with Gasteiger partial charge in [-0.2, -0.15) is 0 Å². The van der Waals surface area contributed by atoms with Crippen molar-refractivity contribution in [2.24, 2.45) is 0 Å². The average Bonchev–Trinajstić information content (AvgIpc) is 2.65. The molecule has 2 rings (SSSR count). The van der Waals surface area contributed by atoms with E-state index in [1.54, 1.807) is 10.6 Å². The molecule has 0 saturated heterocycles. The van der Waals surface area contributed by atoms with Gasteiger partial charge in [0, 0.05) is 12.2 Å². The smallest absolute Gasteiger partial charge is 0.261 e. The van der Waals surface area contributed by atoms with Crippen LogP contribution in [0.5, 0.6) is 0 Å². The minimum atomic E-state index is -0.0429. The van der Waals surface area contributed by atoms with Gasteiger partial charge in [0.05, 0.1) is 5.56 Å². The topological polar surface area (TPSA) is 73.8 Å². The molecule has 5 nitrogen and oxygen atoms in total. The van der Waals surface area contributed by atoms with Crippen molar-refractivity contribution in [2.45, 2.75) is 20.4 Å². The molecule has 0 aromatic carbocycles. The fourth-order valence-electron chi connectivity index (χ4n) is 1.57. The van der Waals surface area contributed by atoms with Crippen LogP contribution >= 0.6 is 11.3 Å². The SMILES string of the molecule is CCn1c(C)ccc(-c2nnc(N)s2)c1=O. The van der Waals surface area contributed by atoms with Crippen LogP contribution in [0.2, 0.25) is 0 Å². The number of rotatable bonds is 2. The van der Waals surface area contributed by atoms with E-state index in [9.17, 15) is 4.79 Å². The average molecular weight is 236 g/mol. The standard InChI is InChI=1S/C10H12N4OS/c1-3-14-6(2)4-5-7(9(14)15)8-12-13-10(11)16-8/h4-5H,3H2,1-2H3,(H2,11,13). The third-order valence-corrected chi connectivity index (χ3v) is 3.17. The quantitative estimate of drug-likeness (QED) is 0.852. The minimum Gasteiger partial charge on any atom is -0.374 e. The molecule has 2 aromatic heterocycles. The van der Waals surface area contributed by atoms with Crippen molar-refractivity contribution in [1.82, 2.24) is 14.8 Å². The Kier molecular flexibility index (Phi) is 2.74. The second-order valence-electron chi connectivity index (χ2n) is 3.38. The number of hydrogen-bond acceptors (Lipinski definition) is 5. The van der Waals surface area contributed by atoms with Crippen LogP contribution in [0.1, 0.15) is 12.6 Å². The largest absolute Gasteiger partial charge is 0.374 e. The molecule has 0 radical (unpaired) electrons. The molecule has 2 aromatic rings. The van der Waals surface area contributed by atoms with E-state index in [0.29, 0.717) is 22.2 Å². The fraction of sp³-hybridized carbons (Fsp3) is 0.300. The number of aromatic nitrogens is 3. The molecular weight excluding hydrogens is 224 g/mol. The highest BCUT2D eigenvalue weighted by Crippen LogP contribution is 2.21. The monoisotopic (exact) mass is 236 g/mol. The van der Waals surface area contributed by atoms with Crippen LogP contribution in [0.3, 0.4) is 0 Å². The van der Waals surface area contributed by atoms with Crippen LogP contribution < -0.4 is 11.3 Å². The first-order valence-electron chi connectivity index (χ1n) is 4.93. The maximum absolute atomic E-state index is 12.1. The zero-order valence-electron chi connectivity index (χ0n) is 9.10. The molecule has 0 aliphatic rings. The predicted molar refractivity (Wildman–Crippen MR) is 64.4 cm³/mol. The van der Waals surface area contributed by atoms with Crippen molar-refractivity contribution in [3.8, 4) is 10.6 Å². The van der Waals surface area contributed by atoms with Gasteiger partial charge in [0.25, 0.3) is 5.56 Å². The lowest BCUT2D eigenvalue weighted by Gasteiger charge is -2.07. The van der Waals surface area contributed by atoms with E-state index in [1.165, 1.54) is 11.3 Å². The third-order valence-electron chi connectivity index (χ3n) is 2.38. The Balaban J connectivity index is 2.63. The Morgan fingerprint density at radius 3 is 2.75 bits per heavy atom. The van der Waals surface area contributed by atoms with Crippen LogP contribution in [0.15, 0.2) is 16.9 Å².